The summed E-state index contributed by atoms with van der Waals surface area (Å²) < 4.78 is 5.21. The number of ether oxygens (including phenoxy) is 1. The van der Waals surface area contributed by atoms with Crippen molar-refractivity contribution < 1.29 is 14.3 Å². The van der Waals surface area contributed by atoms with Gasteiger partial charge in [0.05, 0.1) is 5.52 Å². The van der Waals surface area contributed by atoms with Gasteiger partial charge in [-0.25, -0.2) is 0 Å². The summed E-state index contributed by atoms with van der Waals surface area (Å²) in [6.07, 6.45) is 3.13. The molecule has 1 aromatic heterocycles. The quantitative estimate of drug-likeness (QED) is 0.453. The number of esters is 1. The lowest BCUT2D eigenvalue weighted by Crippen LogP contribution is -2.33. The van der Waals surface area contributed by atoms with E-state index in [0.717, 1.165) is 45.4 Å². The van der Waals surface area contributed by atoms with Gasteiger partial charge in [0.25, 0.3) is 0 Å². The van der Waals surface area contributed by atoms with Crippen molar-refractivity contribution in [3.05, 3.63) is 77.1 Å². The van der Waals surface area contributed by atoms with Crippen LogP contribution in [0, 0.1) is 5.41 Å². The third-order valence-electron chi connectivity index (χ3n) is 6.08. The number of nitrogens with one attached hydrogen (secondary N) is 1. The average Bonchev–Trinajstić information content (AvgIpc) is 2.71. The van der Waals surface area contributed by atoms with E-state index >= 15 is 0 Å². The van der Waals surface area contributed by atoms with Gasteiger partial charge in [0.1, 0.15) is 5.75 Å². The van der Waals surface area contributed by atoms with Gasteiger partial charge in [0.2, 0.25) is 0 Å². The van der Waals surface area contributed by atoms with Crippen molar-refractivity contribution in [2.75, 3.05) is 5.32 Å². The number of benzene rings is 2. The molecule has 2 aliphatic rings. The van der Waals surface area contributed by atoms with Crippen molar-refractivity contribution >= 4 is 28.3 Å². The van der Waals surface area contributed by atoms with E-state index in [1.165, 1.54) is 6.92 Å². The number of Topliss-reactive ketones (excluding diaryl/α,β-unsaturated/α-hetero) is 1. The monoisotopic (exact) mass is 412 g/mol. The topological polar surface area (TPSA) is 68.3 Å². The molecule has 0 amide bonds. The summed E-state index contributed by atoms with van der Waals surface area (Å²) in [5.41, 5.74) is 5.74. The molecule has 31 heavy (non-hydrogen) atoms. The number of ketones is 1. The SMILES string of the molecule is CC(=O)Oc1ccc([C@@H]2C3=C(CC(C)(C)CC3=O)Nc3ccc4ncccc4c32)cc1. The van der Waals surface area contributed by atoms with Crippen LogP contribution in [-0.4, -0.2) is 16.7 Å². The van der Waals surface area contributed by atoms with Gasteiger partial charge < -0.3 is 10.1 Å². The molecule has 0 unspecified atom stereocenters. The zero-order valence-corrected chi connectivity index (χ0v) is 17.9. The van der Waals surface area contributed by atoms with Crippen LogP contribution in [0.15, 0.2) is 66.0 Å². The third-order valence-corrected chi connectivity index (χ3v) is 6.08. The minimum absolute atomic E-state index is 0.0808. The fourth-order valence-corrected chi connectivity index (χ4v) is 4.91. The van der Waals surface area contributed by atoms with Crippen LogP contribution in [0.25, 0.3) is 10.9 Å². The highest BCUT2D eigenvalue weighted by Crippen LogP contribution is 2.50. The van der Waals surface area contributed by atoms with Crippen molar-refractivity contribution in [2.45, 2.75) is 39.5 Å². The molecule has 0 spiro atoms. The summed E-state index contributed by atoms with van der Waals surface area (Å²) in [6, 6.07) is 15.5. The first-order valence-electron chi connectivity index (χ1n) is 10.5. The molecule has 1 N–H and O–H groups in total. The van der Waals surface area contributed by atoms with Gasteiger partial charge in [-0.05, 0) is 53.3 Å². The zero-order valence-electron chi connectivity index (χ0n) is 17.9. The second kappa shape index (κ2) is 7.05. The standard InChI is InChI=1S/C26H24N2O3/c1-15(29)31-17-8-6-16(7-9-17)23-24-18-5-4-12-27-19(18)10-11-20(24)28-21-13-26(2,3)14-22(30)25(21)23/h4-12,23,28H,13-14H2,1-3H3/t23-/m0/s1. The highest BCUT2D eigenvalue weighted by Gasteiger charge is 2.41. The van der Waals surface area contributed by atoms with Crippen LogP contribution in [0.3, 0.4) is 0 Å². The van der Waals surface area contributed by atoms with Crippen molar-refractivity contribution in [1.82, 2.24) is 4.98 Å². The Labute approximate surface area is 181 Å². The molecule has 3 aromatic rings. The molecule has 5 rings (SSSR count). The summed E-state index contributed by atoms with van der Waals surface area (Å²) in [5, 5.41) is 4.61. The number of hydrogen-bond donors (Lipinski definition) is 1. The molecule has 1 aliphatic carbocycles. The predicted molar refractivity (Wildman–Crippen MR) is 120 cm³/mol. The van der Waals surface area contributed by atoms with Crippen LogP contribution in [0.2, 0.25) is 0 Å². The van der Waals surface area contributed by atoms with Gasteiger partial charge in [0.15, 0.2) is 5.78 Å². The van der Waals surface area contributed by atoms with Crippen LogP contribution in [0.1, 0.15) is 50.7 Å². The Bertz CT molecular complexity index is 1260. The Morgan fingerprint density at radius 2 is 1.87 bits per heavy atom. The zero-order chi connectivity index (χ0) is 21.8. The number of aromatic nitrogens is 1. The van der Waals surface area contributed by atoms with Crippen molar-refractivity contribution in [3.63, 3.8) is 0 Å². The molecular formula is C26H24N2O3. The molecular weight excluding hydrogens is 388 g/mol. The number of fused-ring (bicyclic) bond motifs is 3. The van der Waals surface area contributed by atoms with E-state index < -0.39 is 0 Å². The smallest absolute Gasteiger partial charge is 0.308 e. The van der Waals surface area contributed by atoms with Gasteiger partial charge in [-0.1, -0.05) is 32.0 Å². The Kier molecular flexibility index (Phi) is 4.43. The second-order valence-electron chi connectivity index (χ2n) is 9.15. The fourth-order valence-electron chi connectivity index (χ4n) is 4.91. The molecule has 0 fully saturated rings. The molecule has 0 saturated heterocycles. The van der Waals surface area contributed by atoms with Crippen LogP contribution in [-0.2, 0) is 9.59 Å². The van der Waals surface area contributed by atoms with Crippen LogP contribution in [0.4, 0.5) is 5.69 Å². The van der Waals surface area contributed by atoms with Crippen molar-refractivity contribution in [2.24, 2.45) is 5.41 Å². The summed E-state index contributed by atoms with van der Waals surface area (Å²) in [5.74, 6) is 0.121. The van der Waals surface area contributed by atoms with E-state index in [9.17, 15) is 9.59 Å². The average molecular weight is 412 g/mol. The third kappa shape index (κ3) is 3.40. The minimum Gasteiger partial charge on any atom is -0.427 e. The van der Waals surface area contributed by atoms with E-state index in [2.05, 4.69) is 36.3 Å². The van der Waals surface area contributed by atoms with Gasteiger partial charge in [-0.3, -0.25) is 14.6 Å². The number of carbonyl (C=O) groups excluding carboxylic acids is 2. The lowest BCUT2D eigenvalue weighted by atomic mass is 9.68. The molecule has 0 saturated carbocycles. The minimum atomic E-state index is -0.355. The molecule has 5 nitrogen and oxygen atoms in total. The number of allylic oxidation sites excluding steroid dienone is 2. The van der Waals surface area contributed by atoms with Crippen molar-refractivity contribution in [3.8, 4) is 5.75 Å². The Morgan fingerprint density at radius 3 is 2.61 bits per heavy atom. The lowest BCUT2D eigenvalue weighted by Gasteiger charge is -2.40. The van der Waals surface area contributed by atoms with E-state index in [4.69, 9.17) is 4.74 Å². The first-order chi connectivity index (χ1) is 14.8. The van der Waals surface area contributed by atoms with Crippen molar-refractivity contribution in [1.29, 1.82) is 0 Å². The number of carbonyl (C=O) groups is 2. The Morgan fingerprint density at radius 1 is 1.10 bits per heavy atom. The van der Waals surface area contributed by atoms with E-state index in [0.29, 0.717) is 12.2 Å². The largest absolute Gasteiger partial charge is 0.427 e. The Hall–Kier alpha value is -3.47. The maximum atomic E-state index is 13.4. The highest BCUT2D eigenvalue weighted by atomic mass is 16.5. The lowest BCUT2D eigenvalue weighted by molar-refractivity contribution is -0.131. The molecule has 156 valence electrons. The highest BCUT2D eigenvalue weighted by molar-refractivity contribution is 6.04. The Balaban J connectivity index is 1.73. The molecule has 1 atom stereocenters. The predicted octanol–water partition coefficient (Wildman–Crippen LogP) is 5.36. The number of anilines is 1. The van der Waals surface area contributed by atoms with E-state index in [1.807, 2.05) is 24.3 Å². The van der Waals surface area contributed by atoms with Crippen LogP contribution in [0.5, 0.6) is 5.75 Å². The number of nitrogens with zero attached hydrogens (tertiary/aromatic N) is 1. The fraction of sp³-hybridized carbons (Fsp3) is 0.269. The summed E-state index contributed by atoms with van der Waals surface area (Å²) >= 11 is 0. The first-order valence-corrected chi connectivity index (χ1v) is 10.5. The molecule has 2 aromatic carbocycles. The number of hydrogen-bond acceptors (Lipinski definition) is 5. The maximum Gasteiger partial charge on any atom is 0.308 e. The summed E-state index contributed by atoms with van der Waals surface area (Å²) in [4.78, 5) is 29.2. The summed E-state index contributed by atoms with van der Waals surface area (Å²) in [6.45, 7) is 5.66. The van der Waals surface area contributed by atoms with Gasteiger partial charge in [-0.2, -0.15) is 0 Å². The molecule has 5 heteroatoms. The van der Waals surface area contributed by atoms with Crippen LogP contribution < -0.4 is 10.1 Å². The van der Waals surface area contributed by atoms with Gasteiger partial charge in [0, 0.05) is 47.8 Å². The summed E-state index contributed by atoms with van der Waals surface area (Å²) in [7, 11) is 0. The maximum absolute atomic E-state index is 13.4. The first kappa shape index (κ1) is 19.5. The molecule has 1 aliphatic heterocycles. The molecule has 0 radical (unpaired) electrons. The van der Waals surface area contributed by atoms with Gasteiger partial charge in [-0.15, -0.1) is 0 Å². The van der Waals surface area contributed by atoms with Crippen LogP contribution >= 0.6 is 0 Å². The molecule has 2 heterocycles. The number of rotatable bonds is 2. The van der Waals surface area contributed by atoms with Gasteiger partial charge >= 0.3 is 5.97 Å². The van der Waals surface area contributed by atoms with E-state index in [-0.39, 0.29) is 23.1 Å². The number of pyridine rings is 1. The second-order valence-corrected chi connectivity index (χ2v) is 9.15. The van der Waals surface area contributed by atoms with E-state index in [1.54, 1.807) is 18.3 Å². The molecule has 0 bridgehead atoms. The normalized spacial score (nSPS) is 19.5.